The van der Waals surface area contributed by atoms with E-state index in [4.69, 9.17) is 33.6 Å². The van der Waals surface area contributed by atoms with Gasteiger partial charge in [0.15, 0.2) is 32.9 Å². The Labute approximate surface area is 433 Å². The van der Waals surface area contributed by atoms with Gasteiger partial charge in [0.1, 0.15) is 29.7 Å². The first-order valence-corrected chi connectivity index (χ1v) is 27.9. The van der Waals surface area contributed by atoms with Crippen LogP contribution >= 0.6 is 0 Å². The van der Waals surface area contributed by atoms with Gasteiger partial charge in [-0.15, -0.1) is 0 Å². The number of Topliss-reactive ketones (excluding diaryl/α,β-unsaturated/α-hetero) is 2. The molecule has 3 N–H and O–H groups in total. The van der Waals surface area contributed by atoms with Crippen molar-refractivity contribution in [3.63, 3.8) is 0 Å². The number of hydrogen-bond donors (Lipinski definition) is 3. The van der Waals surface area contributed by atoms with Gasteiger partial charge >= 0.3 is 23.9 Å². The van der Waals surface area contributed by atoms with Crippen molar-refractivity contribution < 1.29 is 66.8 Å². The van der Waals surface area contributed by atoms with Crippen LogP contribution in [0, 0.1) is 27.7 Å². The van der Waals surface area contributed by atoms with Crippen LogP contribution in [0.25, 0.3) is 0 Å². The molecule has 3 unspecified atom stereocenters. The number of hydrogen-bond acceptors (Lipinski definition) is 16. The molecule has 2 saturated carbocycles. The highest BCUT2D eigenvalue weighted by Crippen LogP contribution is 2.67. The molecule has 396 valence electrons. The summed E-state index contributed by atoms with van der Waals surface area (Å²) >= 11 is 0. The number of amides is 1. The molecular formula is C56H69N3O14Si. The Morgan fingerprint density at radius 1 is 0.865 bits per heavy atom. The van der Waals surface area contributed by atoms with E-state index >= 15 is 9.59 Å². The SMILES string of the molecule is CC(=O)C[C@@]12CO[C@@H]1CC(OC(=O)CN=N)[C@@]1(C)C(=O)[C@H](OC(C)=O)C3=C(C)[C@@H](OC(=O)[C@H](O[Si](C)(C)C(C)(C)C)C(NC(=O)c4ccccc4)c4ccccc4)C[C@@](O)([C@@H](OC(=O)c4ccccc4)C12)C3(C)C. The van der Waals surface area contributed by atoms with E-state index in [1.165, 1.54) is 26.0 Å². The van der Waals surface area contributed by atoms with Crippen LogP contribution in [0.15, 0.2) is 107 Å². The molecule has 18 heteroatoms. The van der Waals surface area contributed by atoms with Crippen LogP contribution in [0.3, 0.4) is 0 Å². The number of aliphatic hydroxyl groups is 1. The van der Waals surface area contributed by atoms with Crippen LogP contribution in [-0.2, 0) is 52.1 Å². The van der Waals surface area contributed by atoms with E-state index in [9.17, 15) is 29.1 Å². The van der Waals surface area contributed by atoms with E-state index in [-0.39, 0.29) is 41.9 Å². The summed E-state index contributed by atoms with van der Waals surface area (Å²) in [6.07, 6.45) is -9.79. The van der Waals surface area contributed by atoms with E-state index in [1.54, 1.807) is 99.6 Å². The molecule has 1 heterocycles. The Hall–Kier alpha value is -6.21. The lowest BCUT2D eigenvalue weighted by atomic mass is 9.41. The number of ether oxygens (including phenoxy) is 5. The van der Waals surface area contributed by atoms with Gasteiger partial charge in [0.05, 0.1) is 29.7 Å². The standard InChI is InChI=1S/C56H69N3O14Si/c1-32(60)28-55-31-68-40(55)27-39(71-41(62)30-58-57)54(9)46(55)48(72-50(65)37-25-19-14-20-26-37)56(67)29-38(33(2)42(53(56,7)8)44(47(54)63)69-34(3)61)70-51(66)45(73-74(10,11)52(4,5)6)43(35-21-15-12-16-22-35)59-49(64)36-23-17-13-18-24-36/h12-26,38-40,43-46,48,57,67H,27-31H2,1-11H3,(H,59,64)/t38-,39?,40+,43?,44+,45+,46?,48-,54+,55+,56+/m0/s1. The largest absolute Gasteiger partial charge is 0.460 e. The van der Waals surface area contributed by atoms with Crippen molar-refractivity contribution in [2.75, 3.05) is 13.2 Å². The van der Waals surface area contributed by atoms with Crippen molar-refractivity contribution in [1.29, 1.82) is 5.53 Å². The zero-order valence-electron chi connectivity index (χ0n) is 44.0. The molecule has 7 rings (SSSR count). The topological polar surface area (TPSA) is 243 Å². The number of benzene rings is 3. The van der Waals surface area contributed by atoms with E-state index in [1.807, 2.05) is 33.9 Å². The molecule has 0 spiro atoms. The molecule has 11 atom stereocenters. The lowest BCUT2D eigenvalue weighted by molar-refractivity contribution is -0.320. The summed E-state index contributed by atoms with van der Waals surface area (Å²) in [5.74, 6) is -6.76. The predicted octanol–water partition coefficient (Wildman–Crippen LogP) is 8.01. The Kier molecular flexibility index (Phi) is 15.6. The second kappa shape index (κ2) is 20.8. The number of rotatable bonds is 16. The van der Waals surface area contributed by atoms with E-state index in [0.717, 1.165) is 6.92 Å². The molecule has 1 saturated heterocycles. The van der Waals surface area contributed by atoms with Crippen LogP contribution in [0.4, 0.5) is 0 Å². The fourth-order valence-electron chi connectivity index (χ4n) is 11.7. The molecule has 3 aromatic rings. The van der Waals surface area contributed by atoms with Crippen LogP contribution in [-0.4, -0.2) is 110 Å². The quantitative estimate of drug-likeness (QED) is 0.0405. The minimum absolute atomic E-state index is 0.0300. The second-order valence-electron chi connectivity index (χ2n) is 22.6. The molecule has 74 heavy (non-hydrogen) atoms. The van der Waals surface area contributed by atoms with E-state index < -0.39 is 132 Å². The molecule has 1 amide bonds. The van der Waals surface area contributed by atoms with Crippen LogP contribution < -0.4 is 5.32 Å². The fraction of sp³-hybridized carbons (Fsp3) is 0.518. The maximum atomic E-state index is 16.3. The molecular weight excluding hydrogens is 967 g/mol. The van der Waals surface area contributed by atoms with Crippen LogP contribution in [0.2, 0.25) is 18.1 Å². The molecule has 4 aliphatic rings. The summed E-state index contributed by atoms with van der Waals surface area (Å²) in [5, 5.41) is 20.1. The average Bonchev–Trinajstić information content (AvgIpc) is 3.33. The molecule has 3 fully saturated rings. The number of esters is 4. The van der Waals surface area contributed by atoms with Crippen LogP contribution in [0.1, 0.15) is 114 Å². The number of fused-ring (bicyclic) bond motifs is 5. The maximum Gasteiger partial charge on any atom is 0.338 e. The molecule has 2 bridgehead atoms. The summed E-state index contributed by atoms with van der Waals surface area (Å²) in [6, 6.07) is 24.2. The Balaban J connectivity index is 1.48. The van der Waals surface area contributed by atoms with Gasteiger partial charge in [-0.1, -0.05) is 101 Å². The monoisotopic (exact) mass is 1040 g/mol. The molecule has 3 aromatic carbocycles. The zero-order valence-corrected chi connectivity index (χ0v) is 45.0. The van der Waals surface area contributed by atoms with Gasteiger partial charge in [0, 0.05) is 48.5 Å². The highest BCUT2D eigenvalue weighted by molar-refractivity contribution is 6.74. The summed E-state index contributed by atoms with van der Waals surface area (Å²) in [7, 11) is -2.96. The van der Waals surface area contributed by atoms with Gasteiger partial charge < -0.3 is 43.3 Å². The third kappa shape index (κ3) is 10.0. The zero-order chi connectivity index (χ0) is 54.3. The summed E-state index contributed by atoms with van der Waals surface area (Å²) in [6.45, 7) is 17.9. The lowest BCUT2D eigenvalue weighted by Gasteiger charge is -2.68. The number of nitrogens with zero attached hydrogens (tertiary/aromatic N) is 1. The fourth-order valence-corrected chi connectivity index (χ4v) is 12.9. The van der Waals surface area contributed by atoms with Crippen molar-refractivity contribution in [1.82, 2.24) is 5.32 Å². The van der Waals surface area contributed by atoms with Gasteiger partial charge in [0.25, 0.3) is 5.91 Å². The van der Waals surface area contributed by atoms with Crippen molar-refractivity contribution in [2.24, 2.45) is 27.3 Å². The number of nitrogens with one attached hydrogen (secondary N) is 2. The maximum absolute atomic E-state index is 16.3. The molecule has 1 aliphatic heterocycles. The summed E-state index contributed by atoms with van der Waals surface area (Å²) in [5.41, 5.74) is 1.14. The minimum Gasteiger partial charge on any atom is -0.460 e. The van der Waals surface area contributed by atoms with Gasteiger partial charge in [0.2, 0.25) is 0 Å². The van der Waals surface area contributed by atoms with Crippen LogP contribution in [0.5, 0.6) is 0 Å². The van der Waals surface area contributed by atoms with Gasteiger partial charge in [-0.25, -0.2) is 19.9 Å². The number of carbonyl (C=O) groups excluding carboxylic acids is 7. The lowest BCUT2D eigenvalue weighted by Crippen LogP contribution is -2.79. The average molecular weight is 1040 g/mol. The summed E-state index contributed by atoms with van der Waals surface area (Å²) in [4.78, 5) is 101. The molecule has 3 aliphatic carbocycles. The third-order valence-electron chi connectivity index (χ3n) is 16.6. The summed E-state index contributed by atoms with van der Waals surface area (Å²) < 4.78 is 38.7. The Morgan fingerprint density at radius 2 is 1.45 bits per heavy atom. The van der Waals surface area contributed by atoms with E-state index in [0.29, 0.717) is 11.1 Å². The van der Waals surface area contributed by atoms with Gasteiger partial charge in [-0.2, -0.15) is 5.11 Å². The Bertz CT molecular complexity index is 2710. The third-order valence-corrected chi connectivity index (χ3v) is 21.1. The highest BCUT2D eigenvalue weighted by atomic mass is 28.4. The second-order valence-corrected chi connectivity index (χ2v) is 27.3. The van der Waals surface area contributed by atoms with Crippen molar-refractivity contribution in [3.8, 4) is 0 Å². The van der Waals surface area contributed by atoms with Gasteiger partial charge in [-0.3, -0.25) is 14.4 Å². The normalized spacial score (nSPS) is 29.0. The smallest absolute Gasteiger partial charge is 0.338 e. The van der Waals surface area contributed by atoms with E-state index in [2.05, 4.69) is 10.4 Å². The van der Waals surface area contributed by atoms with Crippen molar-refractivity contribution in [3.05, 3.63) is 119 Å². The molecule has 0 radical (unpaired) electrons. The van der Waals surface area contributed by atoms with Crippen molar-refractivity contribution in [2.45, 2.75) is 148 Å². The molecule has 17 nitrogen and oxygen atoms in total. The van der Waals surface area contributed by atoms with Gasteiger partial charge in [-0.05, 0) is 79.9 Å². The highest BCUT2D eigenvalue weighted by Gasteiger charge is 2.77. The first-order valence-electron chi connectivity index (χ1n) is 25.0. The first kappa shape index (κ1) is 55.5. The Morgan fingerprint density at radius 3 is 1.97 bits per heavy atom. The minimum atomic E-state index is -2.96. The number of carbonyl (C=O) groups is 7. The first-order chi connectivity index (χ1) is 34.6. The number of ketones is 2. The predicted molar refractivity (Wildman–Crippen MR) is 271 cm³/mol. The molecule has 0 aromatic heterocycles. The van der Waals surface area contributed by atoms with Crippen molar-refractivity contribution >= 4 is 49.7 Å².